The number of hydrogen-bond donors (Lipinski definition) is 2. The Bertz CT molecular complexity index is 913. The van der Waals surface area contributed by atoms with Crippen LogP contribution in [0.3, 0.4) is 0 Å². The SMILES string of the molecule is Cc1ccc(CNC(=O)N2CCC[C@@H]2c2nc3c(C)cccc3[nH]2)s1. The van der Waals surface area contributed by atoms with Crippen LogP contribution in [0.1, 0.15) is 40.0 Å². The predicted octanol–water partition coefficient (Wildman–Crippen LogP) is 4.29. The molecule has 5 nitrogen and oxygen atoms in total. The number of likely N-dealkylation sites (tertiary alicyclic amines) is 1. The highest BCUT2D eigenvalue weighted by Gasteiger charge is 2.32. The lowest BCUT2D eigenvalue weighted by Gasteiger charge is -2.23. The number of para-hydroxylation sites is 1. The van der Waals surface area contributed by atoms with Gasteiger partial charge in [0.25, 0.3) is 0 Å². The highest BCUT2D eigenvalue weighted by molar-refractivity contribution is 7.11. The summed E-state index contributed by atoms with van der Waals surface area (Å²) in [6, 6.07) is 10.3. The van der Waals surface area contributed by atoms with E-state index in [1.165, 1.54) is 9.75 Å². The second kappa shape index (κ2) is 6.52. The molecule has 4 rings (SSSR count). The van der Waals surface area contributed by atoms with Gasteiger partial charge in [0.05, 0.1) is 23.6 Å². The Morgan fingerprint density at radius 2 is 2.24 bits per heavy atom. The van der Waals surface area contributed by atoms with Gasteiger partial charge < -0.3 is 15.2 Å². The number of hydrogen-bond acceptors (Lipinski definition) is 3. The van der Waals surface area contributed by atoms with Crippen LogP contribution in [-0.2, 0) is 6.54 Å². The fourth-order valence-electron chi connectivity index (χ4n) is 3.49. The second-order valence-corrected chi connectivity index (χ2v) is 7.99. The minimum absolute atomic E-state index is 0.00858. The summed E-state index contributed by atoms with van der Waals surface area (Å²) in [5.41, 5.74) is 3.19. The number of H-pyrrole nitrogens is 1. The van der Waals surface area contributed by atoms with Crippen LogP contribution in [0.4, 0.5) is 4.79 Å². The number of aromatic nitrogens is 2. The first-order valence-electron chi connectivity index (χ1n) is 8.67. The molecular weight excluding hydrogens is 332 g/mol. The van der Waals surface area contributed by atoms with E-state index in [4.69, 9.17) is 4.98 Å². The molecule has 0 aliphatic carbocycles. The Morgan fingerprint density at radius 1 is 1.36 bits per heavy atom. The Balaban J connectivity index is 1.50. The molecule has 3 heterocycles. The smallest absolute Gasteiger partial charge is 0.318 e. The molecule has 1 saturated heterocycles. The summed E-state index contributed by atoms with van der Waals surface area (Å²) in [5.74, 6) is 0.893. The van der Waals surface area contributed by atoms with Crippen LogP contribution in [-0.4, -0.2) is 27.4 Å². The molecule has 0 saturated carbocycles. The molecule has 1 aliphatic heterocycles. The molecule has 1 aliphatic rings. The molecule has 0 radical (unpaired) electrons. The average molecular weight is 354 g/mol. The molecule has 0 bridgehead atoms. The third-order valence-electron chi connectivity index (χ3n) is 4.77. The van der Waals surface area contributed by atoms with Crippen LogP contribution in [0, 0.1) is 13.8 Å². The number of fused-ring (bicyclic) bond motifs is 1. The maximum atomic E-state index is 12.7. The lowest BCUT2D eigenvalue weighted by Crippen LogP contribution is -2.39. The van der Waals surface area contributed by atoms with Gasteiger partial charge in [0.15, 0.2) is 0 Å². The molecule has 130 valence electrons. The van der Waals surface area contributed by atoms with Gasteiger partial charge in [0.2, 0.25) is 0 Å². The summed E-state index contributed by atoms with van der Waals surface area (Å²) in [7, 11) is 0. The lowest BCUT2D eigenvalue weighted by atomic mass is 10.2. The largest absolute Gasteiger partial charge is 0.340 e. The number of nitrogens with one attached hydrogen (secondary N) is 2. The minimum Gasteiger partial charge on any atom is -0.340 e. The number of thiophene rings is 1. The fraction of sp³-hybridized carbons (Fsp3) is 0.368. The Labute approximate surface area is 151 Å². The molecule has 1 fully saturated rings. The zero-order chi connectivity index (χ0) is 17.4. The quantitative estimate of drug-likeness (QED) is 0.737. The van der Waals surface area contributed by atoms with E-state index in [-0.39, 0.29) is 12.1 Å². The topological polar surface area (TPSA) is 61.0 Å². The van der Waals surface area contributed by atoms with Crippen LogP contribution in [0.25, 0.3) is 11.0 Å². The number of aromatic amines is 1. The van der Waals surface area contributed by atoms with Crippen molar-refractivity contribution in [1.82, 2.24) is 20.2 Å². The van der Waals surface area contributed by atoms with Crippen molar-refractivity contribution in [3.8, 4) is 0 Å². The maximum absolute atomic E-state index is 12.7. The first-order valence-corrected chi connectivity index (χ1v) is 9.48. The van der Waals surface area contributed by atoms with Gasteiger partial charge in [-0.1, -0.05) is 12.1 Å². The summed E-state index contributed by atoms with van der Waals surface area (Å²) < 4.78 is 0. The standard InChI is InChI=1S/C19H22N4OS/c1-12-5-3-6-15-17(12)22-18(21-15)16-7-4-10-23(16)19(24)20-11-14-9-8-13(2)25-14/h3,5-6,8-9,16H,4,7,10-11H2,1-2H3,(H,20,24)(H,21,22)/t16-/m1/s1. The van der Waals surface area contributed by atoms with Gasteiger partial charge in [-0.25, -0.2) is 9.78 Å². The van der Waals surface area contributed by atoms with Crippen LogP contribution in [0.2, 0.25) is 0 Å². The molecule has 0 unspecified atom stereocenters. The summed E-state index contributed by atoms with van der Waals surface area (Å²) >= 11 is 1.72. The fourth-order valence-corrected chi connectivity index (χ4v) is 4.32. The van der Waals surface area contributed by atoms with Crippen molar-refractivity contribution in [3.05, 3.63) is 51.5 Å². The molecular formula is C19H22N4OS. The first kappa shape index (κ1) is 16.1. The number of amides is 2. The summed E-state index contributed by atoms with van der Waals surface area (Å²) in [6.45, 7) is 5.50. The number of carbonyl (C=O) groups is 1. The zero-order valence-electron chi connectivity index (χ0n) is 14.5. The Hall–Kier alpha value is -2.34. The number of imidazole rings is 1. The van der Waals surface area contributed by atoms with E-state index in [1.54, 1.807) is 11.3 Å². The Morgan fingerprint density at radius 3 is 3.00 bits per heavy atom. The van der Waals surface area contributed by atoms with Crippen LogP contribution in [0.15, 0.2) is 30.3 Å². The van der Waals surface area contributed by atoms with Crippen molar-refractivity contribution < 1.29 is 4.79 Å². The summed E-state index contributed by atoms with van der Waals surface area (Å²) in [4.78, 5) is 25.2. The van der Waals surface area contributed by atoms with E-state index in [0.717, 1.165) is 41.8 Å². The normalized spacial score (nSPS) is 17.4. The van der Waals surface area contributed by atoms with Gasteiger partial charge in [-0.05, 0) is 50.5 Å². The molecule has 2 amide bonds. The second-order valence-electron chi connectivity index (χ2n) is 6.62. The molecule has 1 aromatic carbocycles. The van der Waals surface area contributed by atoms with Gasteiger partial charge in [-0.15, -0.1) is 11.3 Å². The van der Waals surface area contributed by atoms with Crippen molar-refractivity contribution in [2.45, 2.75) is 39.3 Å². The van der Waals surface area contributed by atoms with Crippen LogP contribution in [0.5, 0.6) is 0 Å². The summed E-state index contributed by atoms with van der Waals surface area (Å²) in [6.07, 6.45) is 1.95. The van der Waals surface area contributed by atoms with Gasteiger partial charge in [-0.3, -0.25) is 0 Å². The molecule has 2 N–H and O–H groups in total. The van der Waals surface area contributed by atoms with Crippen molar-refractivity contribution in [3.63, 3.8) is 0 Å². The molecule has 3 aromatic rings. The average Bonchev–Trinajstić information content (AvgIpc) is 3.31. The third-order valence-corrected chi connectivity index (χ3v) is 5.77. The van der Waals surface area contributed by atoms with Crippen molar-refractivity contribution in [2.75, 3.05) is 6.54 Å². The monoisotopic (exact) mass is 354 g/mol. The predicted molar refractivity (Wildman–Crippen MR) is 101 cm³/mol. The summed E-state index contributed by atoms with van der Waals surface area (Å²) in [5, 5.41) is 3.05. The Kier molecular flexibility index (Phi) is 4.21. The highest BCUT2D eigenvalue weighted by atomic mass is 32.1. The number of urea groups is 1. The maximum Gasteiger partial charge on any atom is 0.318 e. The van der Waals surface area contributed by atoms with Crippen molar-refractivity contribution in [2.24, 2.45) is 0 Å². The minimum atomic E-state index is -0.00858. The molecule has 6 heteroatoms. The van der Waals surface area contributed by atoms with E-state index in [1.807, 2.05) is 17.0 Å². The van der Waals surface area contributed by atoms with Gasteiger partial charge in [0, 0.05) is 16.3 Å². The highest BCUT2D eigenvalue weighted by Crippen LogP contribution is 2.32. The number of rotatable bonds is 3. The third kappa shape index (κ3) is 3.14. The van der Waals surface area contributed by atoms with E-state index >= 15 is 0 Å². The number of aryl methyl sites for hydroxylation is 2. The van der Waals surface area contributed by atoms with Gasteiger partial charge in [-0.2, -0.15) is 0 Å². The van der Waals surface area contributed by atoms with Crippen LogP contribution < -0.4 is 5.32 Å². The first-order chi connectivity index (χ1) is 12.1. The van der Waals surface area contributed by atoms with Gasteiger partial charge >= 0.3 is 6.03 Å². The lowest BCUT2D eigenvalue weighted by molar-refractivity contribution is 0.191. The molecule has 0 spiro atoms. The van der Waals surface area contributed by atoms with Crippen molar-refractivity contribution in [1.29, 1.82) is 0 Å². The number of carbonyl (C=O) groups excluding carboxylic acids is 1. The van der Waals surface area contributed by atoms with Crippen LogP contribution >= 0.6 is 11.3 Å². The van der Waals surface area contributed by atoms with E-state index < -0.39 is 0 Å². The molecule has 25 heavy (non-hydrogen) atoms. The van der Waals surface area contributed by atoms with E-state index in [9.17, 15) is 4.79 Å². The molecule has 2 aromatic heterocycles. The van der Waals surface area contributed by atoms with E-state index in [2.05, 4.69) is 42.3 Å². The molecule has 1 atom stereocenters. The van der Waals surface area contributed by atoms with Crippen molar-refractivity contribution >= 4 is 28.4 Å². The number of benzene rings is 1. The zero-order valence-corrected chi connectivity index (χ0v) is 15.3. The number of nitrogens with zero attached hydrogens (tertiary/aromatic N) is 2. The van der Waals surface area contributed by atoms with Gasteiger partial charge in [0.1, 0.15) is 5.82 Å². The van der Waals surface area contributed by atoms with E-state index in [0.29, 0.717) is 6.54 Å².